The molecule has 2 aliphatic heterocycles. The van der Waals surface area contributed by atoms with Crippen molar-refractivity contribution in [2.75, 3.05) is 31.3 Å². The maximum atomic E-state index is 12.6. The predicted octanol–water partition coefficient (Wildman–Crippen LogP) is 0.999. The summed E-state index contributed by atoms with van der Waals surface area (Å²) < 4.78 is 0. The van der Waals surface area contributed by atoms with Crippen LogP contribution in [0.5, 0.6) is 0 Å². The average Bonchev–Trinajstić information content (AvgIpc) is 3.20. The summed E-state index contributed by atoms with van der Waals surface area (Å²) in [4.78, 5) is 29.8. The molecule has 0 bridgehead atoms. The minimum absolute atomic E-state index is 0.1000. The summed E-state index contributed by atoms with van der Waals surface area (Å²) >= 11 is 3.36. The van der Waals surface area contributed by atoms with Crippen LogP contribution < -0.4 is 5.73 Å². The lowest BCUT2D eigenvalue weighted by molar-refractivity contribution is -0.140. The van der Waals surface area contributed by atoms with E-state index >= 15 is 0 Å². The lowest BCUT2D eigenvalue weighted by Crippen LogP contribution is -2.55. The van der Waals surface area contributed by atoms with Crippen molar-refractivity contribution in [2.24, 2.45) is 11.7 Å². The SMILES string of the molecule is N[C@@H]1CCN(C(=O)Cc2cccs2)C[C@@H]1C(=O)N1CCSC1. The van der Waals surface area contributed by atoms with Crippen molar-refractivity contribution < 1.29 is 9.59 Å². The summed E-state index contributed by atoms with van der Waals surface area (Å²) in [6.45, 7) is 1.92. The van der Waals surface area contributed by atoms with Crippen molar-refractivity contribution in [3.05, 3.63) is 22.4 Å². The van der Waals surface area contributed by atoms with Gasteiger partial charge in [-0.2, -0.15) is 0 Å². The Hall–Kier alpha value is -1.05. The monoisotopic (exact) mass is 339 g/mol. The molecule has 2 amide bonds. The Morgan fingerprint density at radius 1 is 1.32 bits per heavy atom. The summed E-state index contributed by atoms with van der Waals surface area (Å²) in [5, 5.41) is 1.98. The fourth-order valence-corrected chi connectivity index (χ4v) is 4.61. The molecule has 0 spiro atoms. The molecule has 2 saturated heterocycles. The van der Waals surface area contributed by atoms with Crippen LogP contribution in [0, 0.1) is 5.92 Å². The van der Waals surface area contributed by atoms with E-state index in [1.165, 1.54) is 0 Å². The van der Waals surface area contributed by atoms with Crippen LogP contribution in [0.2, 0.25) is 0 Å². The van der Waals surface area contributed by atoms with E-state index in [1.807, 2.05) is 27.3 Å². The highest BCUT2D eigenvalue weighted by atomic mass is 32.2. The number of nitrogens with two attached hydrogens (primary N) is 1. The first kappa shape index (κ1) is 15.8. The first-order valence-corrected chi connectivity index (χ1v) is 9.61. The topological polar surface area (TPSA) is 66.6 Å². The largest absolute Gasteiger partial charge is 0.341 e. The molecule has 7 heteroatoms. The fraction of sp³-hybridized carbons (Fsp3) is 0.600. The minimum atomic E-state index is -0.250. The molecule has 2 atom stereocenters. The average molecular weight is 339 g/mol. The van der Waals surface area contributed by atoms with E-state index in [-0.39, 0.29) is 23.8 Å². The Morgan fingerprint density at radius 2 is 2.18 bits per heavy atom. The maximum Gasteiger partial charge on any atom is 0.229 e. The zero-order chi connectivity index (χ0) is 15.5. The molecule has 0 aromatic carbocycles. The number of likely N-dealkylation sites (tertiary alicyclic amines) is 1. The van der Waals surface area contributed by atoms with Gasteiger partial charge in [0.05, 0.1) is 18.2 Å². The molecule has 2 fully saturated rings. The minimum Gasteiger partial charge on any atom is -0.341 e. The molecule has 2 aliphatic rings. The third-order valence-corrected chi connectivity index (χ3v) is 6.15. The first-order valence-electron chi connectivity index (χ1n) is 7.57. The number of nitrogens with zero attached hydrogens (tertiary/aromatic N) is 2. The van der Waals surface area contributed by atoms with Crippen molar-refractivity contribution in [1.29, 1.82) is 0 Å². The summed E-state index contributed by atoms with van der Waals surface area (Å²) in [6, 6.07) is 3.79. The Labute approximate surface area is 138 Å². The highest BCUT2D eigenvalue weighted by molar-refractivity contribution is 7.99. The zero-order valence-corrected chi connectivity index (χ0v) is 14.1. The summed E-state index contributed by atoms with van der Waals surface area (Å²) in [5.74, 6) is 1.72. The van der Waals surface area contributed by atoms with Gasteiger partial charge in [-0.3, -0.25) is 9.59 Å². The zero-order valence-electron chi connectivity index (χ0n) is 12.4. The third kappa shape index (κ3) is 3.47. The van der Waals surface area contributed by atoms with Gasteiger partial charge in [0.2, 0.25) is 11.8 Å². The molecule has 0 unspecified atom stereocenters. The van der Waals surface area contributed by atoms with Gasteiger partial charge in [0.15, 0.2) is 0 Å². The van der Waals surface area contributed by atoms with Crippen LogP contribution in [0.25, 0.3) is 0 Å². The normalized spacial score (nSPS) is 25.5. The van der Waals surface area contributed by atoms with E-state index < -0.39 is 0 Å². The molecule has 3 rings (SSSR count). The smallest absolute Gasteiger partial charge is 0.229 e. The molecule has 5 nitrogen and oxygen atoms in total. The van der Waals surface area contributed by atoms with Crippen LogP contribution in [-0.4, -0.2) is 58.9 Å². The standard InChI is InChI=1S/C15H21N3O2S2/c16-13-3-4-17(14(19)8-11-2-1-6-22-11)9-12(13)15(20)18-5-7-21-10-18/h1-2,6,12-13H,3-5,7-10,16H2/t12-,13+/m0/s1. The fourth-order valence-electron chi connectivity index (χ4n) is 2.95. The molecule has 0 aliphatic carbocycles. The van der Waals surface area contributed by atoms with E-state index in [9.17, 15) is 9.59 Å². The van der Waals surface area contributed by atoms with Crippen LogP contribution in [0.4, 0.5) is 0 Å². The van der Waals surface area contributed by atoms with E-state index in [4.69, 9.17) is 5.73 Å². The van der Waals surface area contributed by atoms with E-state index in [0.717, 1.165) is 23.1 Å². The van der Waals surface area contributed by atoms with Gasteiger partial charge in [0, 0.05) is 36.3 Å². The Kier molecular flexibility index (Phi) is 5.05. The number of hydrogen-bond acceptors (Lipinski definition) is 5. The van der Waals surface area contributed by atoms with Gasteiger partial charge in [-0.15, -0.1) is 23.1 Å². The van der Waals surface area contributed by atoms with Crippen molar-refractivity contribution in [3.63, 3.8) is 0 Å². The van der Waals surface area contributed by atoms with Crippen LogP contribution in [0.15, 0.2) is 17.5 Å². The molecule has 22 heavy (non-hydrogen) atoms. The van der Waals surface area contributed by atoms with E-state index in [0.29, 0.717) is 25.9 Å². The van der Waals surface area contributed by atoms with Crippen molar-refractivity contribution in [3.8, 4) is 0 Å². The first-order chi connectivity index (χ1) is 10.6. The van der Waals surface area contributed by atoms with Crippen molar-refractivity contribution in [2.45, 2.75) is 18.9 Å². The molecular formula is C15H21N3O2S2. The number of carbonyl (C=O) groups is 2. The molecular weight excluding hydrogens is 318 g/mol. The van der Waals surface area contributed by atoms with Crippen LogP contribution in [0.3, 0.4) is 0 Å². The van der Waals surface area contributed by atoms with Gasteiger partial charge in [0.1, 0.15) is 0 Å². The lowest BCUT2D eigenvalue weighted by atomic mass is 9.91. The van der Waals surface area contributed by atoms with Crippen molar-refractivity contribution >= 4 is 34.9 Å². The number of thiophene rings is 1. The highest BCUT2D eigenvalue weighted by Gasteiger charge is 2.37. The van der Waals surface area contributed by atoms with Gasteiger partial charge in [-0.1, -0.05) is 6.07 Å². The summed E-state index contributed by atoms with van der Waals surface area (Å²) in [5.41, 5.74) is 6.16. The van der Waals surface area contributed by atoms with E-state index in [2.05, 4.69) is 0 Å². The number of rotatable bonds is 3. The Balaban J connectivity index is 1.62. The molecule has 0 saturated carbocycles. The second kappa shape index (κ2) is 7.02. The van der Waals surface area contributed by atoms with Gasteiger partial charge in [0.25, 0.3) is 0 Å². The lowest BCUT2D eigenvalue weighted by Gasteiger charge is -2.37. The quantitative estimate of drug-likeness (QED) is 0.892. The molecule has 3 heterocycles. The number of thioether (sulfide) groups is 1. The van der Waals surface area contributed by atoms with Gasteiger partial charge in [-0.25, -0.2) is 0 Å². The molecule has 0 radical (unpaired) electrons. The maximum absolute atomic E-state index is 12.6. The van der Waals surface area contributed by atoms with E-state index in [1.54, 1.807) is 23.1 Å². The Bertz CT molecular complexity index is 529. The number of amides is 2. The molecule has 2 N–H and O–H groups in total. The van der Waals surface area contributed by atoms with Gasteiger partial charge < -0.3 is 15.5 Å². The van der Waals surface area contributed by atoms with Gasteiger partial charge >= 0.3 is 0 Å². The summed E-state index contributed by atoms with van der Waals surface area (Å²) in [6.07, 6.45) is 1.13. The highest BCUT2D eigenvalue weighted by Crippen LogP contribution is 2.23. The number of piperidine rings is 1. The molecule has 1 aromatic rings. The molecule has 120 valence electrons. The third-order valence-electron chi connectivity index (χ3n) is 4.31. The predicted molar refractivity (Wildman–Crippen MR) is 89.7 cm³/mol. The van der Waals surface area contributed by atoms with Crippen LogP contribution >= 0.6 is 23.1 Å². The molecule has 1 aromatic heterocycles. The number of carbonyl (C=O) groups excluding carboxylic acids is 2. The second-order valence-electron chi connectivity index (χ2n) is 5.79. The van der Waals surface area contributed by atoms with Crippen molar-refractivity contribution in [1.82, 2.24) is 9.80 Å². The Morgan fingerprint density at radius 3 is 2.86 bits per heavy atom. The summed E-state index contributed by atoms with van der Waals surface area (Å²) in [7, 11) is 0. The van der Waals surface area contributed by atoms with Gasteiger partial charge in [-0.05, 0) is 17.9 Å². The van der Waals surface area contributed by atoms with Crippen LogP contribution in [0.1, 0.15) is 11.3 Å². The second-order valence-corrected chi connectivity index (χ2v) is 7.90. The van der Waals surface area contributed by atoms with Crippen LogP contribution in [-0.2, 0) is 16.0 Å². The number of hydrogen-bond donors (Lipinski definition) is 1.